The molecular formula is C13H16N2O5S. The standard InChI is InChI=1S/C13H16N2O5S/c1-20-11(16)8-5-9(7-10(6-8)21(2,18)19)15-12(17)13(14)3-4-13/h5-7H,3-4,14H2,1-2H3,(H,15,17). The molecule has 0 unspecified atom stereocenters. The average Bonchev–Trinajstić information content (AvgIpc) is 3.16. The van der Waals surface area contributed by atoms with E-state index in [-0.39, 0.29) is 16.1 Å². The van der Waals surface area contributed by atoms with Gasteiger partial charge < -0.3 is 15.8 Å². The number of rotatable bonds is 4. The summed E-state index contributed by atoms with van der Waals surface area (Å²) in [5, 5.41) is 2.54. The first kappa shape index (κ1) is 15.5. The fraction of sp³-hybridized carbons (Fsp3) is 0.385. The maximum absolute atomic E-state index is 11.9. The van der Waals surface area contributed by atoms with Gasteiger partial charge in [0.25, 0.3) is 0 Å². The van der Waals surface area contributed by atoms with E-state index in [0.29, 0.717) is 12.8 Å². The van der Waals surface area contributed by atoms with E-state index in [1.165, 1.54) is 25.3 Å². The number of hydrogen-bond donors (Lipinski definition) is 2. The zero-order chi connectivity index (χ0) is 15.8. The van der Waals surface area contributed by atoms with Crippen LogP contribution < -0.4 is 11.1 Å². The monoisotopic (exact) mass is 312 g/mol. The van der Waals surface area contributed by atoms with E-state index in [2.05, 4.69) is 10.1 Å². The second-order valence-corrected chi connectivity index (χ2v) is 7.14. The number of carbonyl (C=O) groups excluding carboxylic acids is 2. The minimum Gasteiger partial charge on any atom is -0.465 e. The Kier molecular flexibility index (Phi) is 3.77. The second kappa shape index (κ2) is 5.12. The molecule has 3 N–H and O–H groups in total. The van der Waals surface area contributed by atoms with Gasteiger partial charge in [0.15, 0.2) is 9.84 Å². The summed E-state index contributed by atoms with van der Waals surface area (Å²) < 4.78 is 27.9. The van der Waals surface area contributed by atoms with Crippen LogP contribution in [0.15, 0.2) is 23.1 Å². The third-order valence-corrected chi connectivity index (χ3v) is 4.35. The normalized spacial score (nSPS) is 16.1. The fourth-order valence-electron chi connectivity index (χ4n) is 1.74. The predicted molar refractivity (Wildman–Crippen MR) is 75.7 cm³/mol. The van der Waals surface area contributed by atoms with Crippen molar-refractivity contribution in [2.24, 2.45) is 5.73 Å². The highest BCUT2D eigenvalue weighted by Crippen LogP contribution is 2.33. The SMILES string of the molecule is COC(=O)c1cc(NC(=O)C2(N)CC2)cc(S(C)(=O)=O)c1. The van der Waals surface area contributed by atoms with Crippen LogP contribution in [0.25, 0.3) is 0 Å². The predicted octanol–water partition coefficient (Wildman–Crippen LogP) is 0.306. The third-order valence-electron chi connectivity index (χ3n) is 3.25. The molecule has 0 saturated heterocycles. The van der Waals surface area contributed by atoms with E-state index in [1.54, 1.807) is 0 Å². The zero-order valence-electron chi connectivity index (χ0n) is 11.7. The summed E-state index contributed by atoms with van der Waals surface area (Å²) in [4.78, 5) is 23.4. The van der Waals surface area contributed by atoms with Crippen LogP contribution >= 0.6 is 0 Å². The van der Waals surface area contributed by atoms with Gasteiger partial charge >= 0.3 is 5.97 Å². The molecule has 1 aliphatic carbocycles. The number of benzene rings is 1. The van der Waals surface area contributed by atoms with Gasteiger partial charge in [-0.1, -0.05) is 0 Å². The highest BCUT2D eigenvalue weighted by molar-refractivity contribution is 7.90. The minimum absolute atomic E-state index is 0.0394. The van der Waals surface area contributed by atoms with Gasteiger partial charge in [0.2, 0.25) is 5.91 Å². The molecule has 0 spiro atoms. The molecule has 0 atom stereocenters. The van der Waals surface area contributed by atoms with Gasteiger partial charge in [-0.05, 0) is 31.0 Å². The molecule has 0 aliphatic heterocycles. The molecule has 0 radical (unpaired) electrons. The summed E-state index contributed by atoms with van der Waals surface area (Å²) in [5.41, 5.74) is 5.10. The Labute approximate surface area is 122 Å². The van der Waals surface area contributed by atoms with Crippen molar-refractivity contribution in [3.8, 4) is 0 Å². The highest BCUT2D eigenvalue weighted by Gasteiger charge is 2.46. The quantitative estimate of drug-likeness (QED) is 0.773. The molecule has 0 aromatic heterocycles. The molecule has 21 heavy (non-hydrogen) atoms. The summed E-state index contributed by atoms with van der Waals surface area (Å²) in [7, 11) is -2.35. The Balaban J connectivity index is 2.40. The van der Waals surface area contributed by atoms with E-state index in [4.69, 9.17) is 5.73 Å². The van der Waals surface area contributed by atoms with Crippen LogP contribution in [0.5, 0.6) is 0 Å². The Morgan fingerprint density at radius 3 is 2.38 bits per heavy atom. The number of carbonyl (C=O) groups is 2. The van der Waals surface area contributed by atoms with Crippen LogP contribution in [0.1, 0.15) is 23.2 Å². The largest absolute Gasteiger partial charge is 0.465 e. The summed E-state index contributed by atoms with van der Waals surface area (Å²) in [6.07, 6.45) is 2.17. The molecule has 1 amide bonds. The van der Waals surface area contributed by atoms with E-state index in [9.17, 15) is 18.0 Å². The first-order valence-corrected chi connectivity index (χ1v) is 8.09. The van der Waals surface area contributed by atoms with Crippen LogP contribution in [0.4, 0.5) is 5.69 Å². The molecule has 1 aliphatic rings. The van der Waals surface area contributed by atoms with Crippen LogP contribution in [0.2, 0.25) is 0 Å². The van der Waals surface area contributed by atoms with E-state index >= 15 is 0 Å². The fourth-order valence-corrected chi connectivity index (χ4v) is 2.42. The van der Waals surface area contributed by atoms with Crippen molar-refractivity contribution in [3.63, 3.8) is 0 Å². The van der Waals surface area contributed by atoms with Gasteiger partial charge in [-0.3, -0.25) is 4.79 Å². The number of hydrogen-bond acceptors (Lipinski definition) is 6. The molecule has 0 heterocycles. The lowest BCUT2D eigenvalue weighted by molar-refractivity contribution is -0.118. The first-order valence-electron chi connectivity index (χ1n) is 6.19. The number of amides is 1. The molecule has 1 saturated carbocycles. The van der Waals surface area contributed by atoms with Crippen LogP contribution in [0.3, 0.4) is 0 Å². The van der Waals surface area contributed by atoms with Gasteiger partial charge in [0, 0.05) is 11.9 Å². The van der Waals surface area contributed by atoms with Crippen molar-refractivity contribution in [2.45, 2.75) is 23.3 Å². The van der Waals surface area contributed by atoms with E-state index < -0.39 is 27.3 Å². The minimum atomic E-state index is -3.54. The molecule has 1 aromatic carbocycles. The summed E-state index contributed by atoms with van der Waals surface area (Å²) >= 11 is 0. The summed E-state index contributed by atoms with van der Waals surface area (Å²) in [5.74, 6) is -1.09. The van der Waals surface area contributed by atoms with E-state index in [0.717, 1.165) is 6.26 Å². The molecule has 1 aromatic rings. The molecule has 1 fully saturated rings. The molecule has 8 heteroatoms. The Morgan fingerprint density at radius 2 is 1.90 bits per heavy atom. The van der Waals surface area contributed by atoms with Crippen LogP contribution in [-0.4, -0.2) is 39.2 Å². The smallest absolute Gasteiger partial charge is 0.337 e. The average molecular weight is 312 g/mol. The number of esters is 1. The van der Waals surface area contributed by atoms with Crippen molar-refractivity contribution < 1.29 is 22.7 Å². The zero-order valence-corrected chi connectivity index (χ0v) is 12.5. The molecule has 7 nitrogen and oxygen atoms in total. The number of ether oxygens (including phenoxy) is 1. The topological polar surface area (TPSA) is 116 Å². The third kappa shape index (κ3) is 3.40. The van der Waals surface area contributed by atoms with Crippen molar-refractivity contribution in [2.75, 3.05) is 18.7 Å². The number of nitrogens with one attached hydrogen (secondary N) is 1. The lowest BCUT2D eigenvalue weighted by Gasteiger charge is -2.12. The maximum Gasteiger partial charge on any atom is 0.337 e. The Bertz CT molecular complexity index is 707. The van der Waals surface area contributed by atoms with Crippen molar-refractivity contribution >= 4 is 27.4 Å². The van der Waals surface area contributed by atoms with E-state index in [1.807, 2.05) is 0 Å². The van der Waals surface area contributed by atoms with Gasteiger partial charge in [-0.2, -0.15) is 0 Å². The van der Waals surface area contributed by atoms with Gasteiger partial charge in [0.05, 0.1) is 23.1 Å². The molecular weight excluding hydrogens is 296 g/mol. The number of sulfone groups is 1. The summed E-state index contributed by atoms with van der Waals surface area (Å²) in [6.45, 7) is 0. The van der Waals surface area contributed by atoms with Gasteiger partial charge in [-0.25, -0.2) is 13.2 Å². The number of nitrogens with two attached hydrogens (primary N) is 1. The lowest BCUT2D eigenvalue weighted by Crippen LogP contribution is -2.37. The van der Waals surface area contributed by atoms with Crippen molar-refractivity contribution in [1.82, 2.24) is 0 Å². The molecule has 2 rings (SSSR count). The van der Waals surface area contributed by atoms with Gasteiger partial charge in [-0.15, -0.1) is 0 Å². The van der Waals surface area contributed by atoms with Gasteiger partial charge in [0.1, 0.15) is 0 Å². The second-order valence-electron chi connectivity index (χ2n) is 5.12. The number of anilines is 1. The maximum atomic E-state index is 11.9. The Hall–Kier alpha value is -1.93. The summed E-state index contributed by atoms with van der Waals surface area (Å²) in [6, 6.07) is 3.84. The van der Waals surface area contributed by atoms with Crippen LogP contribution in [-0.2, 0) is 19.4 Å². The number of methoxy groups -OCH3 is 1. The highest BCUT2D eigenvalue weighted by atomic mass is 32.2. The first-order chi connectivity index (χ1) is 9.65. The lowest BCUT2D eigenvalue weighted by atomic mass is 10.2. The van der Waals surface area contributed by atoms with Crippen molar-refractivity contribution in [1.29, 1.82) is 0 Å². The molecule has 0 bridgehead atoms. The Morgan fingerprint density at radius 1 is 1.29 bits per heavy atom. The van der Waals surface area contributed by atoms with Crippen molar-refractivity contribution in [3.05, 3.63) is 23.8 Å². The van der Waals surface area contributed by atoms with Crippen LogP contribution in [0, 0.1) is 0 Å². The molecule has 114 valence electrons.